The van der Waals surface area contributed by atoms with E-state index in [1.807, 2.05) is 0 Å². The van der Waals surface area contributed by atoms with E-state index in [1.54, 1.807) is 5.48 Å². The molecule has 6 nitrogen and oxygen atoms in total. The molecule has 27 heavy (non-hydrogen) atoms. The standard InChI is InChI=1S/C19H30Cl2N4O2/c1-24-17-9-8-15(25(12-10-20)13-11-21)14-16(17)22-18(24)6-4-2-3-5-7-19(26)23-27/h8-9,14,18,22,27H,2-7,10-13H2,1H3,(H,23,26). The molecule has 152 valence electrons. The Labute approximate surface area is 171 Å². The van der Waals surface area contributed by atoms with E-state index in [1.165, 1.54) is 5.69 Å². The second kappa shape index (κ2) is 11.5. The van der Waals surface area contributed by atoms with Gasteiger partial charge < -0.3 is 15.1 Å². The van der Waals surface area contributed by atoms with Crippen LogP contribution in [0.2, 0.25) is 0 Å². The van der Waals surface area contributed by atoms with Crippen LogP contribution in [0.1, 0.15) is 38.5 Å². The van der Waals surface area contributed by atoms with Crippen LogP contribution in [0, 0.1) is 0 Å². The molecule has 8 heteroatoms. The van der Waals surface area contributed by atoms with E-state index < -0.39 is 0 Å². The van der Waals surface area contributed by atoms with E-state index in [9.17, 15) is 4.79 Å². The van der Waals surface area contributed by atoms with Crippen molar-refractivity contribution in [3.8, 4) is 0 Å². The number of amides is 1. The van der Waals surface area contributed by atoms with E-state index in [-0.39, 0.29) is 12.1 Å². The maximum absolute atomic E-state index is 11.0. The molecule has 0 aliphatic carbocycles. The van der Waals surface area contributed by atoms with Gasteiger partial charge in [-0.25, -0.2) is 5.48 Å². The normalized spacial score (nSPS) is 15.4. The molecule has 1 aromatic rings. The molecule has 0 bridgehead atoms. The van der Waals surface area contributed by atoms with Gasteiger partial charge >= 0.3 is 0 Å². The van der Waals surface area contributed by atoms with Crippen LogP contribution < -0.4 is 20.6 Å². The summed E-state index contributed by atoms with van der Waals surface area (Å²) in [6, 6.07) is 6.46. The molecule has 0 saturated heterocycles. The number of benzene rings is 1. The minimum absolute atomic E-state index is 0.283. The lowest BCUT2D eigenvalue weighted by Crippen LogP contribution is -2.31. The van der Waals surface area contributed by atoms with Gasteiger partial charge in [-0.15, -0.1) is 23.2 Å². The van der Waals surface area contributed by atoms with Crippen molar-refractivity contribution in [3.63, 3.8) is 0 Å². The molecule has 0 fully saturated rings. The number of fused-ring (bicyclic) bond motifs is 1. The quantitative estimate of drug-likeness (QED) is 0.208. The summed E-state index contributed by atoms with van der Waals surface area (Å²) in [5, 5.41) is 12.1. The number of hydrogen-bond donors (Lipinski definition) is 3. The van der Waals surface area contributed by atoms with Crippen LogP contribution in [0.4, 0.5) is 17.1 Å². The van der Waals surface area contributed by atoms with Gasteiger partial charge in [-0.3, -0.25) is 10.0 Å². The fraction of sp³-hybridized carbons (Fsp3) is 0.632. The van der Waals surface area contributed by atoms with Crippen LogP contribution in [0.3, 0.4) is 0 Å². The maximum Gasteiger partial charge on any atom is 0.243 e. The molecule has 0 radical (unpaired) electrons. The summed E-state index contributed by atoms with van der Waals surface area (Å²) in [5.41, 5.74) is 5.16. The Kier molecular flexibility index (Phi) is 9.31. The molecule has 1 heterocycles. The molecular formula is C19H30Cl2N4O2. The number of alkyl halides is 2. The van der Waals surface area contributed by atoms with Crippen molar-refractivity contribution in [2.24, 2.45) is 0 Å². The lowest BCUT2D eigenvalue weighted by atomic mass is 10.1. The highest BCUT2D eigenvalue weighted by atomic mass is 35.5. The first-order valence-electron chi connectivity index (χ1n) is 9.54. The third-order valence-corrected chi connectivity index (χ3v) is 5.32. The lowest BCUT2D eigenvalue weighted by molar-refractivity contribution is -0.129. The zero-order valence-corrected chi connectivity index (χ0v) is 17.4. The number of anilines is 3. The van der Waals surface area contributed by atoms with E-state index >= 15 is 0 Å². The van der Waals surface area contributed by atoms with Gasteiger partial charge in [-0.2, -0.15) is 0 Å². The van der Waals surface area contributed by atoms with Crippen LogP contribution in [0.5, 0.6) is 0 Å². The van der Waals surface area contributed by atoms with Crippen molar-refractivity contribution in [2.75, 3.05) is 47.0 Å². The Morgan fingerprint density at radius 3 is 2.59 bits per heavy atom. The molecule has 1 amide bonds. The topological polar surface area (TPSA) is 67.8 Å². The number of carbonyl (C=O) groups is 1. The van der Waals surface area contributed by atoms with Gasteiger partial charge in [-0.05, 0) is 37.5 Å². The molecule has 0 saturated carbocycles. The molecule has 1 aromatic carbocycles. The van der Waals surface area contributed by atoms with Crippen molar-refractivity contribution < 1.29 is 10.0 Å². The molecule has 1 atom stereocenters. The van der Waals surface area contributed by atoms with Crippen LogP contribution in [0.15, 0.2) is 18.2 Å². The minimum Gasteiger partial charge on any atom is -0.369 e. The second-order valence-electron chi connectivity index (χ2n) is 6.83. The van der Waals surface area contributed by atoms with Gasteiger partial charge in [-0.1, -0.05) is 12.8 Å². The number of nitrogens with zero attached hydrogens (tertiary/aromatic N) is 2. The summed E-state index contributed by atoms with van der Waals surface area (Å²) in [7, 11) is 2.12. The monoisotopic (exact) mass is 416 g/mol. The fourth-order valence-corrected chi connectivity index (χ4v) is 3.87. The van der Waals surface area contributed by atoms with Crippen LogP contribution in [-0.2, 0) is 4.79 Å². The predicted octanol–water partition coefficient (Wildman–Crippen LogP) is 4.00. The summed E-state index contributed by atoms with van der Waals surface area (Å²) in [6.45, 7) is 1.56. The van der Waals surface area contributed by atoms with Crippen molar-refractivity contribution in [3.05, 3.63) is 18.2 Å². The Balaban J connectivity index is 1.83. The fourth-order valence-electron chi connectivity index (χ4n) is 3.46. The number of rotatable bonds is 12. The van der Waals surface area contributed by atoms with Gasteiger partial charge in [0.1, 0.15) is 0 Å². The number of unbranched alkanes of at least 4 members (excludes halogenated alkanes) is 3. The minimum atomic E-state index is -0.309. The molecule has 2 rings (SSSR count). The average Bonchev–Trinajstić information content (AvgIpc) is 2.99. The highest BCUT2D eigenvalue weighted by Crippen LogP contribution is 2.37. The van der Waals surface area contributed by atoms with Crippen molar-refractivity contribution in [1.29, 1.82) is 0 Å². The second-order valence-corrected chi connectivity index (χ2v) is 7.58. The molecule has 1 aliphatic heterocycles. The first-order valence-corrected chi connectivity index (χ1v) is 10.6. The zero-order chi connectivity index (χ0) is 19.6. The Morgan fingerprint density at radius 1 is 1.22 bits per heavy atom. The van der Waals surface area contributed by atoms with Gasteiger partial charge in [0.2, 0.25) is 5.91 Å². The summed E-state index contributed by atoms with van der Waals surface area (Å²) in [6.07, 6.45) is 5.67. The average molecular weight is 417 g/mol. The van der Waals surface area contributed by atoms with Gasteiger partial charge in [0.15, 0.2) is 0 Å². The number of nitrogens with one attached hydrogen (secondary N) is 2. The number of hydrogen-bond acceptors (Lipinski definition) is 5. The maximum atomic E-state index is 11.0. The highest BCUT2D eigenvalue weighted by Gasteiger charge is 2.25. The number of carbonyl (C=O) groups excluding carboxylic acids is 1. The number of hydroxylamine groups is 1. The van der Waals surface area contributed by atoms with E-state index in [4.69, 9.17) is 28.4 Å². The highest BCUT2D eigenvalue weighted by molar-refractivity contribution is 6.18. The van der Waals surface area contributed by atoms with Crippen molar-refractivity contribution in [1.82, 2.24) is 5.48 Å². The van der Waals surface area contributed by atoms with Crippen molar-refractivity contribution >= 4 is 46.2 Å². The largest absolute Gasteiger partial charge is 0.369 e. The van der Waals surface area contributed by atoms with Crippen LogP contribution >= 0.6 is 23.2 Å². The van der Waals surface area contributed by atoms with E-state index in [2.05, 4.69) is 40.4 Å². The molecule has 0 aromatic heterocycles. The summed E-state index contributed by atoms with van der Waals surface area (Å²) in [4.78, 5) is 15.5. The zero-order valence-electron chi connectivity index (χ0n) is 15.9. The molecule has 3 N–H and O–H groups in total. The van der Waals surface area contributed by atoms with Crippen molar-refractivity contribution in [2.45, 2.75) is 44.7 Å². The molecule has 1 unspecified atom stereocenters. The van der Waals surface area contributed by atoms with E-state index in [0.29, 0.717) is 18.2 Å². The summed E-state index contributed by atoms with van der Waals surface area (Å²) < 4.78 is 0. The lowest BCUT2D eigenvalue weighted by Gasteiger charge is -2.23. The molecular weight excluding hydrogens is 387 g/mol. The Bertz CT molecular complexity index is 597. The third-order valence-electron chi connectivity index (χ3n) is 4.98. The Morgan fingerprint density at radius 2 is 1.93 bits per heavy atom. The SMILES string of the molecule is CN1c2ccc(N(CCCl)CCCl)cc2NC1CCCCCCC(=O)NO. The molecule has 0 spiro atoms. The van der Waals surface area contributed by atoms with Gasteiger partial charge in [0.25, 0.3) is 0 Å². The van der Waals surface area contributed by atoms with Gasteiger partial charge in [0, 0.05) is 44.0 Å². The Hall–Kier alpha value is -1.37. The summed E-state index contributed by atoms with van der Waals surface area (Å²) in [5.74, 6) is 0.837. The third kappa shape index (κ3) is 6.33. The smallest absolute Gasteiger partial charge is 0.243 e. The van der Waals surface area contributed by atoms with Crippen LogP contribution in [-0.4, -0.2) is 49.2 Å². The molecule has 1 aliphatic rings. The van der Waals surface area contributed by atoms with Gasteiger partial charge in [0.05, 0.1) is 17.5 Å². The van der Waals surface area contributed by atoms with E-state index in [0.717, 1.165) is 56.6 Å². The first kappa shape index (κ1) is 21.9. The summed E-state index contributed by atoms with van der Waals surface area (Å²) >= 11 is 11.8. The number of halogens is 2. The van der Waals surface area contributed by atoms with Crippen LogP contribution in [0.25, 0.3) is 0 Å². The predicted molar refractivity (Wildman–Crippen MR) is 114 cm³/mol. The first-order chi connectivity index (χ1) is 13.1.